The average Bonchev–Trinajstić information content (AvgIpc) is 2.96. The second-order valence-corrected chi connectivity index (χ2v) is 7.02. The van der Waals surface area contributed by atoms with Crippen molar-refractivity contribution in [3.8, 4) is 11.5 Å². The molecule has 0 aliphatic carbocycles. The number of alkyl halides is 3. The van der Waals surface area contributed by atoms with Gasteiger partial charge in [0.05, 0.1) is 28.3 Å². The standard InChI is InChI=1S/C18H12ClF3N2O3S/c1-27-13-6-9(5-12(19)15(13)25)7-14-16(26)24-17(28-14)23-11-4-2-3-10(8-11)18(20,21)22/h2-8,25H,1H3,(H,23,24,26)/b14-7-. The van der Waals surface area contributed by atoms with Gasteiger partial charge in [-0.2, -0.15) is 13.2 Å². The van der Waals surface area contributed by atoms with Crippen LogP contribution >= 0.6 is 23.4 Å². The first-order valence-electron chi connectivity index (χ1n) is 7.70. The number of hydrogen-bond acceptors (Lipinski definition) is 5. The van der Waals surface area contributed by atoms with E-state index in [0.29, 0.717) is 5.56 Å². The Hall–Kier alpha value is -2.65. The molecule has 0 saturated carbocycles. The van der Waals surface area contributed by atoms with Gasteiger partial charge in [-0.3, -0.25) is 4.79 Å². The van der Waals surface area contributed by atoms with Crippen LogP contribution in [-0.2, 0) is 11.0 Å². The molecule has 146 valence electrons. The van der Waals surface area contributed by atoms with E-state index in [1.54, 1.807) is 0 Å². The van der Waals surface area contributed by atoms with Gasteiger partial charge < -0.3 is 15.2 Å². The van der Waals surface area contributed by atoms with Gasteiger partial charge in [-0.25, -0.2) is 4.99 Å². The number of amides is 1. The van der Waals surface area contributed by atoms with Crippen LogP contribution in [0.2, 0.25) is 5.02 Å². The number of carbonyl (C=O) groups is 1. The predicted molar refractivity (Wildman–Crippen MR) is 102 cm³/mol. The SMILES string of the molecule is COc1cc(/C=C2\SC(=Nc3cccc(C(F)(F)F)c3)NC2=O)cc(Cl)c1O. The lowest BCUT2D eigenvalue weighted by Crippen LogP contribution is -2.19. The number of benzene rings is 2. The minimum Gasteiger partial charge on any atom is -0.503 e. The zero-order valence-electron chi connectivity index (χ0n) is 14.2. The third-order valence-electron chi connectivity index (χ3n) is 3.62. The third kappa shape index (κ3) is 4.42. The summed E-state index contributed by atoms with van der Waals surface area (Å²) in [4.78, 5) is 16.5. The number of rotatable bonds is 3. The number of amidine groups is 1. The van der Waals surface area contributed by atoms with Crippen molar-refractivity contribution >= 4 is 46.2 Å². The van der Waals surface area contributed by atoms with Crippen molar-refractivity contribution in [3.63, 3.8) is 0 Å². The molecule has 5 nitrogen and oxygen atoms in total. The highest BCUT2D eigenvalue weighted by atomic mass is 35.5. The summed E-state index contributed by atoms with van der Waals surface area (Å²) in [6.07, 6.45) is -2.98. The van der Waals surface area contributed by atoms with Crippen LogP contribution in [0.25, 0.3) is 6.08 Å². The summed E-state index contributed by atoms with van der Waals surface area (Å²) < 4.78 is 43.4. The Labute approximate surface area is 166 Å². The number of ether oxygens (including phenoxy) is 1. The van der Waals surface area contributed by atoms with Gasteiger partial charge in [0.25, 0.3) is 5.91 Å². The first-order valence-corrected chi connectivity index (χ1v) is 8.90. The molecular weight excluding hydrogens is 417 g/mol. The van der Waals surface area contributed by atoms with Crippen molar-refractivity contribution in [1.29, 1.82) is 0 Å². The molecule has 1 aliphatic heterocycles. The highest BCUT2D eigenvalue weighted by Gasteiger charge is 2.30. The quantitative estimate of drug-likeness (QED) is 0.677. The molecule has 3 rings (SSSR count). The molecule has 1 heterocycles. The molecule has 0 bridgehead atoms. The fraction of sp³-hybridized carbons (Fsp3) is 0.111. The van der Waals surface area contributed by atoms with E-state index in [-0.39, 0.29) is 32.3 Å². The summed E-state index contributed by atoms with van der Waals surface area (Å²) in [5, 5.41) is 12.4. The van der Waals surface area contributed by atoms with E-state index >= 15 is 0 Å². The predicted octanol–water partition coefficient (Wildman–Crippen LogP) is 4.96. The van der Waals surface area contributed by atoms with Gasteiger partial charge in [0.2, 0.25) is 0 Å². The monoisotopic (exact) mass is 428 g/mol. The van der Waals surface area contributed by atoms with Crippen LogP contribution in [0, 0.1) is 0 Å². The van der Waals surface area contributed by atoms with Crippen molar-refractivity contribution in [2.24, 2.45) is 4.99 Å². The molecule has 1 amide bonds. The van der Waals surface area contributed by atoms with Crippen LogP contribution in [0.5, 0.6) is 11.5 Å². The Kier molecular flexibility index (Phi) is 5.57. The number of nitrogens with zero attached hydrogens (tertiary/aromatic N) is 1. The molecule has 0 unspecified atom stereocenters. The van der Waals surface area contributed by atoms with E-state index in [4.69, 9.17) is 16.3 Å². The Bertz CT molecular complexity index is 1010. The largest absolute Gasteiger partial charge is 0.503 e. The van der Waals surface area contributed by atoms with Gasteiger partial charge in [-0.05, 0) is 53.7 Å². The van der Waals surface area contributed by atoms with Crippen LogP contribution in [0.1, 0.15) is 11.1 Å². The van der Waals surface area contributed by atoms with Crippen LogP contribution in [-0.4, -0.2) is 23.3 Å². The summed E-state index contributed by atoms with van der Waals surface area (Å²) in [6, 6.07) is 7.42. The minimum absolute atomic E-state index is 0.0486. The maximum Gasteiger partial charge on any atom is 0.416 e. The Morgan fingerprint density at radius 3 is 2.71 bits per heavy atom. The van der Waals surface area contributed by atoms with Gasteiger partial charge in [0.1, 0.15) is 0 Å². The molecule has 1 saturated heterocycles. The molecule has 2 N–H and O–H groups in total. The average molecular weight is 429 g/mol. The number of carbonyl (C=O) groups excluding carboxylic acids is 1. The number of aromatic hydroxyl groups is 1. The Morgan fingerprint density at radius 2 is 2.04 bits per heavy atom. The molecule has 0 radical (unpaired) electrons. The minimum atomic E-state index is -4.48. The molecule has 1 fully saturated rings. The number of methoxy groups -OCH3 is 1. The van der Waals surface area contributed by atoms with E-state index in [1.807, 2.05) is 0 Å². The highest BCUT2D eigenvalue weighted by molar-refractivity contribution is 8.18. The molecule has 1 aliphatic rings. The summed E-state index contributed by atoms with van der Waals surface area (Å²) in [7, 11) is 1.36. The lowest BCUT2D eigenvalue weighted by molar-refractivity contribution is -0.137. The van der Waals surface area contributed by atoms with Gasteiger partial charge in [-0.15, -0.1) is 0 Å². The lowest BCUT2D eigenvalue weighted by Gasteiger charge is -2.06. The fourth-order valence-electron chi connectivity index (χ4n) is 2.33. The molecule has 0 atom stereocenters. The van der Waals surface area contributed by atoms with Crippen LogP contribution in [0.4, 0.5) is 18.9 Å². The molecule has 10 heteroatoms. The van der Waals surface area contributed by atoms with Crippen molar-refractivity contribution in [1.82, 2.24) is 5.32 Å². The van der Waals surface area contributed by atoms with E-state index in [2.05, 4.69) is 10.3 Å². The van der Waals surface area contributed by atoms with Gasteiger partial charge in [-0.1, -0.05) is 17.7 Å². The molecule has 0 aromatic heterocycles. The maximum absolute atomic E-state index is 12.8. The molecule has 2 aromatic rings. The first-order chi connectivity index (χ1) is 13.2. The number of aliphatic imine (C=N–C) groups is 1. The van der Waals surface area contributed by atoms with E-state index < -0.39 is 17.6 Å². The zero-order valence-corrected chi connectivity index (χ0v) is 15.7. The van der Waals surface area contributed by atoms with E-state index in [0.717, 1.165) is 23.9 Å². The fourth-order valence-corrected chi connectivity index (χ4v) is 3.39. The molecular formula is C18H12ClF3N2O3S. The van der Waals surface area contributed by atoms with Gasteiger partial charge in [0.15, 0.2) is 16.7 Å². The first kappa shape index (κ1) is 20.1. The number of hydrogen-bond donors (Lipinski definition) is 2. The zero-order chi connectivity index (χ0) is 20.5. The van der Waals surface area contributed by atoms with Gasteiger partial charge >= 0.3 is 6.18 Å². The second kappa shape index (κ2) is 7.76. The maximum atomic E-state index is 12.8. The third-order valence-corrected chi connectivity index (χ3v) is 4.82. The van der Waals surface area contributed by atoms with E-state index in [1.165, 1.54) is 37.5 Å². The molecule has 28 heavy (non-hydrogen) atoms. The Morgan fingerprint density at radius 1 is 1.29 bits per heavy atom. The number of phenols is 1. The van der Waals surface area contributed by atoms with Crippen LogP contribution in [0.15, 0.2) is 46.3 Å². The summed E-state index contributed by atoms with van der Waals surface area (Å²) in [5.41, 5.74) is -0.267. The number of thioether (sulfide) groups is 1. The lowest BCUT2D eigenvalue weighted by atomic mass is 10.2. The number of nitrogens with one attached hydrogen (secondary N) is 1. The van der Waals surface area contributed by atoms with Gasteiger partial charge in [0, 0.05) is 0 Å². The van der Waals surface area contributed by atoms with Crippen molar-refractivity contribution in [2.75, 3.05) is 7.11 Å². The van der Waals surface area contributed by atoms with Crippen molar-refractivity contribution < 1.29 is 27.8 Å². The topological polar surface area (TPSA) is 70.9 Å². The number of phenolic OH excluding ortho intramolecular Hbond substituents is 1. The Balaban J connectivity index is 1.87. The van der Waals surface area contributed by atoms with E-state index in [9.17, 15) is 23.1 Å². The number of halogens is 4. The van der Waals surface area contributed by atoms with Crippen molar-refractivity contribution in [3.05, 3.63) is 57.5 Å². The smallest absolute Gasteiger partial charge is 0.416 e. The van der Waals surface area contributed by atoms with Crippen molar-refractivity contribution in [2.45, 2.75) is 6.18 Å². The molecule has 2 aromatic carbocycles. The summed E-state index contributed by atoms with van der Waals surface area (Å²) in [6.45, 7) is 0. The molecule has 0 spiro atoms. The summed E-state index contributed by atoms with van der Waals surface area (Å²) >= 11 is 6.89. The highest BCUT2D eigenvalue weighted by Crippen LogP contribution is 2.37. The second-order valence-electron chi connectivity index (χ2n) is 5.58. The van der Waals surface area contributed by atoms with Crippen LogP contribution in [0.3, 0.4) is 0 Å². The summed E-state index contributed by atoms with van der Waals surface area (Å²) in [5.74, 6) is -0.541. The van der Waals surface area contributed by atoms with Crippen LogP contribution < -0.4 is 10.1 Å². The normalized spacial score (nSPS) is 17.2.